The molecule has 6 rings (SSSR count). The molecule has 0 amide bonds. The van der Waals surface area contributed by atoms with E-state index in [0.717, 1.165) is 18.2 Å². The third kappa shape index (κ3) is 8.06. The van der Waals surface area contributed by atoms with Gasteiger partial charge in [0.15, 0.2) is 43.1 Å². The molecule has 0 spiro atoms. The largest absolute Gasteiger partial charge is 0.509 e. The molecule has 2 aromatic carbocycles. The molecule has 0 aromatic heterocycles. The van der Waals surface area contributed by atoms with Crippen LogP contribution >= 0.6 is 0 Å². The summed E-state index contributed by atoms with van der Waals surface area (Å²) in [4.78, 5) is 34.2. The van der Waals surface area contributed by atoms with Crippen molar-refractivity contribution in [2.45, 2.75) is 62.4 Å². The first-order valence-corrected chi connectivity index (χ1v) is 15.1. The number of carbonyl (C=O) groups excluding carboxylic acids is 3. The molecule has 0 bridgehead atoms. The Labute approximate surface area is 257 Å². The van der Waals surface area contributed by atoms with Crippen LogP contribution in [0.5, 0.6) is 0 Å². The lowest BCUT2D eigenvalue weighted by atomic mass is 10.1. The van der Waals surface area contributed by atoms with Gasteiger partial charge >= 0.3 is 28.6 Å². The fourth-order valence-electron chi connectivity index (χ4n) is 4.82. The molecule has 17 heteroatoms. The molecule has 4 aliphatic heterocycles. The molecule has 0 radical (unpaired) electrons. The van der Waals surface area contributed by atoms with Gasteiger partial charge in [0, 0.05) is 6.54 Å². The zero-order valence-electron chi connectivity index (χ0n) is 24.0. The van der Waals surface area contributed by atoms with Crippen molar-refractivity contribution in [2.75, 3.05) is 20.8 Å². The molecule has 4 aliphatic rings. The second-order valence-electron chi connectivity index (χ2n) is 9.88. The van der Waals surface area contributed by atoms with E-state index in [1.807, 2.05) is 60.7 Å². The summed E-state index contributed by atoms with van der Waals surface area (Å²) >= 11 is 0. The minimum absolute atomic E-state index is 0.140. The van der Waals surface area contributed by atoms with E-state index in [4.69, 9.17) is 37.9 Å². The van der Waals surface area contributed by atoms with Crippen LogP contribution in [0.1, 0.15) is 11.1 Å². The van der Waals surface area contributed by atoms with Gasteiger partial charge in [0.25, 0.3) is 0 Å². The molecule has 4 fully saturated rings. The van der Waals surface area contributed by atoms with E-state index >= 15 is 0 Å². The Morgan fingerprint density at radius 3 is 1.76 bits per heavy atom. The topological polar surface area (TPSA) is 190 Å². The quantitative estimate of drug-likeness (QED) is 0.270. The van der Waals surface area contributed by atoms with Crippen LogP contribution in [0.25, 0.3) is 0 Å². The molecule has 0 aliphatic carbocycles. The smallest absolute Gasteiger partial charge is 0.467 e. The van der Waals surface area contributed by atoms with Gasteiger partial charge in [0.1, 0.15) is 6.10 Å². The van der Waals surface area contributed by atoms with Crippen molar-refractivity contribution in [3.63, 3.8) is 0 Å². The monoisotopic (exact) mass is 653 g/mol. The first-order valence-electron chi connectivity index (χ1n) is 13.7. The van der Waals surface area contributed by atoms with E-state index in [1.165, 1.54) is 7.11 Å². The highest BCUT2D eigenvalue weighted by atomic mass is 32.2. The van der Waals surface area contributed by atoms with Crippen LogP contribution in [0.15, 0.2) is 60.7 Å². The average Bonchev–Trinajstić information content (AvgIpc) is 3.79. The maximum atomic E-state index is 11.6. The molecule has 45 heavy (non-hydrogen) atoms. The predicted molar refractivity (Wildman–Crippen MR) is 146 cm³/mol. The first-order chi connectivity index (χ1) is 21.7. The SMILES string of the molecule is COC(=O)[C@H]1O[C@@H](OCc2ccccc2)[C@@H]2OC(=O)O[C@@H]21.COS(=O)(=O)NC[C@H]1O[C@@H](OCc2ccccc2)[C@@H]2OC(=O)O[C@@H]21. The van der Waals surface area contributed by atoms with E-state index < -0.39 is 77.8 Å². The van der Waals surface area contributed by atoms with Crippen molar-refractivity contribution < 1.29 is 69.6 Å². The van der Waals surface area contributed by atoms with Gasteiger partial charge < -0.3 is 42.6 Å². The number of fused-ring (bicyclic) bond motifs is 2. The van der Waals surface area contributed by atoms with Crippen LogP contribution in [0, 0.1) is 0 Å². The number of methoxy groups -OCH3 is 1. The van der Waals surface area contributed by atoms with Crippen molar-refractivity contribution in [1.29, 1.82) is 0 Å². The molecule has 4 saturated heterocycles. The number of hydrogen-bond donors (Lipinski definition) is 1. The number of carbonyl (C=O) groups is 3. The van der Waals surface area contributed by atoms with E-state index in [2.05, 4.69) is 13.6 Å². The number of esters is 1. The maximum Gasteiger partial charge on any atom is 0.509 e. The Kier molecular flexibility index (Phi) is 10.5. The van der Waals surface area contributed by atoms with Gasteiger partial charge in [-0.1, -0.05) is 60.7 Å². The van der Waals surface area contributed by atoms with Gasteiger partial charge in [-0.3, -0.25) is 4.18 Å². The summed E-state index contributed by atoms with van der Waals surface area (Å²) in [5.41, 5.74) is 1.86. The summed E-state index contributed by atoms with van der Waals surface area (Å²) < 4.78 is 76.2. The van der Waals surface area contributed by atoms with Crippen LogP contribution < -0.4 is 4.72 Å². The van der Waals surface area contributed by atoms with Crippen LogP contribution in [0.2, 0.25) is 0 Å². The fraction of sp³-hybridized carbons (Fsp3) is 0.464. The molecule has 4 heterocycles. The third-order valence-electron chi connectivity index (χ3n) is 7.00. The number of ether oxygens (including phenoxy) is 9. The summed E-state index contributed by atoms with van der Waals surface area (Å²) in [6.07, 6.45) is -8.28. The lowest BCUT2D eigenvalue weighted by Gasteiger charge is -2.17. The second kappa shape index (κ2) is 14.5. The standard InChI is InChI=1S/C14H17NO8S.C14H14O7/c1-19-24(17,18)15-7-10-11-12(23-14(16)22-11)13(21-10)20-8-9-5-3-2-4-6-9;1-17-12(15)10-9-11(21-14(16)20-9)13(19-10)18-7-8-5-3-2-4-6-8/h2-6,10-13,15H,7-8H2,1H3;2-6,9-11,13H,7H2,1H3/t10-,11-,12-,13-;9-,10+,11-,13-/m11/s1. The summed E-state index contributed by atoms with van der Waals surface area (Å²) in [6.45, 7) is 0.377. The zero-order chi connectivity index (χ0) is 32.0. The summed E-state index contributed by atoms with van der Waals surface area (Å²) in [5.74, 6) is -0.630. The molecule has 16 nitrogen and oxygen atoms in total. The second-order valence-corrected chi connectivity index (χ2v) is 11.4. The maximum absolute atomic E-state index is 11.6. The predicted octanol–water partition coefficient (Wildman–Crippen LogP) is 1.32. The Hall–Kier alpha value is -3.84. The average molecular weight is 654 g/mol. The van der Waals surface area contributed by atoms with E-state index in [0.29, 0.717) is 0 Å². The summed E-state index contributed by atoms with van der Waals surface area (Å²) in [7, 11) is -1.61. The summed E-state index contributed by atoms with van der Waals surface area (Å²) in [6, 6.07) is 18.8. The molecule has 1 N–H and O–H groups in total. The van der Waals surface area contributed by atoms with Gasteiger partial charge in [-0.25, -0.2) is 14.4 Å². The molecular weight excluding hydrogens is 622 g/mol. The minimum Gasteiger partial charge on any atom is -0.467 e. The highest BCUT2D eigenvalue weighted by molar-refractivity contribution is 7.84. The molecule has 0 unspecified atom stereocenters. The Morgan fingerprint density at radius 1 is 0.733 bits per heavy atom. The number of nitrogens with one attached hydrogen (secondary N) is 1. The van der Waals surface area contributed by atoms with E-state index in [1.54, 1.807) is 0 Å². The Balaban J connectivity index is 0.000000179. The van der Waals surface area contributed by atoms with E-state index in [9.17, 15) is 22.8 Å². The van der Waals surface area contributed by atoms with Crippen molar-refractivity contribution in [3.8, 4) is 0 Å². The lowest BCUT2D eigenvalue weighted by Crippen LogP contribution is -2.39. The van der Waals surface area contributed by atoms with Gasteiger partial charge in [0.2, 0.25) is 0 Å². The van der Waals surface area contributed by atoms with Crippen molar-refractivity contribution in [3.05, 3.63) is 71.8 Å². The molecule has 2 aromatic rings. The fourth-order valence-corrected chi connectivity index (χ4v) is 5.31. The van der Waals surface area contributed by atoms with Gasteiger partial charge in [-0.05, 0) is 11.1 Å². The van der Waals surface area contributed by atoms with Gasteiger partial charge in [0.05, 0.1) is 27.4 Å². The van der Waals surface area contributed by atoms with Gasteiger partial charge in [-0.15, -0.1) is 0 Å². The van der Waals surface area contributed by atoms with Crippen LogP contribution in [0.3, 0.4) is 0 Å². The van der Waals surface area contributed by atoms with Crippen LogP contribution in [0.4, 0.5) is 9.59 Å². The highest BCUT2D eigenvalue weighted by Crippen LogP contribution is 2.34. The zero-order valence-corrected chi connectivity index (χ0v) is 24.9. The molecule has 8 atom stereocenters. The minimum atomic E-state index is -3.87. The Morgan fingerprint density at radius 2 is 1.22 bits per heavy atom. The highest BCUT2D eigenvalue weighted by Gasteiger charge is 2.58. The lowest BCUT2D eigenvalue weighted by molar-refractivity contribution is -0.189. The van der Waals surface area contributed by atoms with E-state index in [-0.39, 0.29) is 19.8 Å². The molecule has 244 valence electrons. The normalized spacial score (nSPS) is 29.7. The summed E-state index contributed by atoms with van der Waals surface area (Å²) in [5, 5.41) is 0. The van der Waals surface area contributed by atoms with Crippen molar-refractivity contribution >= 4 is 28.6 Å². The molecule has 0 saturated carbocycles. The first kappa shape index (κ1) is 32.6. The molecular formula is C28H31NO15S. The van der Waals surface area contributed by atoms with Crippen molar-refractivity contribution in [2.24, 2.45) is 0 Å². The number of benzene rings is 2. The van der Waals surface area contributed by atoms with Gasteiger partial charge in [-0.2, -0.15) is 13.1 Å². The van der Waals surface area contributed by atoms with Crippen LogP contribution in [-0.2, 0) is 75.1 Å². The third-order valence-corrected chi connectivity index (χ3v) is 7.96. The van der Waals surface area contributed by atoms with Crippen LogP contribution in [-0.4, -0.2) is 96.7 Å². The van der Waals surface area contributed by atoms with Crippen molar-refractivity contribution in [1.82, 2.24) is 4.72 Å². The number of rotatable bonds is 11. The number of hydrogen-bond acceptors (Lipinski definition) is 15. The Bertz CT molecular complexity index is 1430.